The van der Waals surface area contributed by atoms with Crippen molar-refractivity contribution in [3.8, 4) is 0 Å². The molecule has 102 valence electrons. The molecule has 1 N–H and O–H groups in total. The van der Waals surface area contributed by atoms with Crippen molar-refractivity contribution in [2.24, 2.45) is 7.05 Å². The summed E-state index contributed by atoms with van der Waals surface area (Å²) in [6, 6.07) is 3.23. The van der Waals surface area contributed by atoms with Crippen LogP contribution >= 0.6 is 0 Å². The van der Waals surface area contributed by atoms with E-state index in [4.69, 9.17) is 0 Å². The highest BCUT2D eigenvalue weighted by Gasteiger charge is 2.14. The first-order chi connectivity index (χ1) is 9.13. The number of anilines is 1. The van der Waals surface area contributed by atoms with E-state index >= 15 is 0 Å². The first kappa shape index (κ1) is 13.5. The van der Waals surface area contributed by atoms with Crippen molar-refractivity contribution in [2.45, 2.75) is 32.7 Å². The van der Waals surface area contributed by atoms with Crippen LogP contribution in [0.2, 0.25) is 0 Å². The Balaban J connectivity index is 2.21. The number of nitrogens with zero attached hydrogens (tertiary/aromatic N) is 3. The normalized spacial score (nSPS) is 12.4. The lowest BCUT2D eigenvalue weighted by Crippen LogP contribution is -2.12. The van der Waals surface area contributed by atoms with Gasteiger partial charge in [-0.25, -0.2) is 4.39 Å². The molecule has 4 nitrogen and oxygen atoms in total. The van der Waals surface area contributed by atoms with E-state index in [1.54, 1.807) is 10.7 Å². The molecule has 2 aromatic rings. The third-order valence-electron chi connectivity index (χ3n) is 3.09. The number of aryl methyl sites for hydroxylation is 2. The Labute approximate surface area is 112 Å². The van der Waals surface area contributed by atoms with Gasteiger partial charge in [0.1, 0.15) is 5.82 Å². The maximum Gasteiger partial charge on any atom is 0.141 e. The molecule has 0 spiro atoms. The molecule has 0 amide bonds. The molecule has 0 radical (unpaired) electrons. The SMILES string of the molecule is CCc1nn(C)cc1NC(CC)c1ccc(F)cn1. The van der Waals surface area contributed by atoms with E-state index in [1.807, 2.05) is 13.2 Å². The monoisotopic (exact) mass is 262 g/mol. The highest BCUT2D eigenvalue weighted by Crippen LogP contribution is 2.23. The summed E-state index contributed by atoms with van der Waals surface area (Å²) in [4.78, 5) is 4.14. The maximum absolute atomic E-state index is 12.9. The van der Waals surface area contributed by atoms with Gasteiger partial charge in [0.2, 0.25) is 0 Å². The Morgan fingerprint density at radius 3 is 2.74 bits per heavy atom. The van der Waals surface area contributed by atoms with Crippen LogP contribution in [-0.2, 0) is 13.5 Å². The summed E-state index contributed by atoms with van der Waals surface area (Å²) in [6.45, 7) is 4.15. The van der Waals surface area contributed by atoms with Gasteiger partial charge < -0.3 is 5.32 Å². The first-order valence-electron chi connectivity index (χ1n) is 6.54. The quantitative estimate of drug-likeness (QED) is 0.900. The molecule has 0 saturated carbocycles. The maximum atomic E-state index is 12.9. The molecule has 0 aliphatic heterocycles. The van der Waals surface area contributed by atoms with Gasteiger partial charge in [0.15, 0.2) is 0 Å². The Kier molecular flexibility index (Phi) is 4.14. The third-order valence-corrected chi connectivity index (χ3v) is 3.09. The molecule has 2 heterocycles. The summed E-state index contributed by atoms with van der Waals surface area (Å²) in [5.41, 5.74) is 2.89. The summed E-state index contributed by atoms with van der Waals surface area (Å²) in [6.07, 6.45) is 4.96. The van der Waals surface area contributed by atoms with Crippen LogP contribution in [0.3, 0.4) is 0 Å². The van der Waals surface area contributed by atoms with Gasteiger partial charge in [-0.3, -0.25) is 9.67 Å². The van der Waals surface area contributed by atoms with Crippen molar-refractivity contribution in [3.05, 3.63) is 41.7 Å². The molecule has 1 atom stereocenters. The van der Waals surface area contributed by atoms with Crippen molar-refractivity contribution in [2.75, 3.05) is 5.32 Å². The average Bonchev–Trinajstić information content (AvgIpc) is 2.77. The number of hydrogen-bond acceptors (Lipinski definition) is 3. The lowest BCUT2D eigenvalue weighted by molar-refractivity contribution is 0.614. The Morgan fingerprint density at radius 2 is 2.16 bits per heavy atom. The first-order valence-corrected chi connectivity index (χ1v) is 6.54. The molecule has 0 bridgehead atoms. The Hall–Kier alpha value is -1.91. The lowest BCUT2D eigenvalue weighted by atomic mass is 10.1. The molecular weight excluding hydrogens is 243 g/mol. The number of halogens is 1. The smallest absolute Gasteiger partial charge is 0.141 e. The van der Waals surface area contributed by atoms with Gasteiger partial charge in [0, 0.05) is 13.2 Å². The fourth-order valence-corrected chi connectivity index (χ4v) is 2.08. The molecule has 0 aliphatic rings. The number of rotatable bonds is 5. The number of hydrogen-bond donors (Lipinski definition) is 1. The number of aromatic nitrogens is 3. The van der Waals surface area contributed by atoms with Crippen molar-refractivity contribution in [3.63, 3.8) is 0 Å². The fraction of sp³-hybridized carbons (Fsp3) is 0.429. The van der Waals surface area contributed by atoms with Gasteiger partial charge in [-0.15, -0.1) is 0 Å². The van der Waals surface area contributed by atoms with Crippen molar-refractivity contribution in [1.29, 1.82) is 0 Å². The molecule has 5 heteroatoms. The van der Waals surface area contributed by atoms with E-state index in [0.29, 0.717) is 0 Å². The molecule has 1 unspecified atom stereocenters. The molecule has 2 aromatic heterocycles. The Bertz CT molecular complexity index is 533. The molecule has 0 saturated heterocycles. The number of pyridine rings is 1. The van der Waals surface area contributed by atoms with Crippen LogP contribution in [0.15, 0.2) is 24.5 Å². The van der Waals surface area contributed by atoms with Crippen molar-refractivity contribution in [1.82, 2.24) is 14.8 Å². The summed E-state index contributed by atoms with van der Waals surface area (Å²) in [5, 5.41) is 7.83. The van der Waals surface area contributed by atoms with E-state index in [-0.39, 0.29) is 11.9 Å². The number of nitrogens with one attached hydrogen (secondary N) is 1. The summed E-state index contributed by atoms with van der Waals surface area (Å²) < 4.78 is 14.7. The van der Waals surface area contributed by atoms with Gasteiger partial charge >= 0.3 is 0 Å². The molecule has 0 fully saturated rings. The highest BCUT2D eigenvalue weighted by atomic mass is 19.1. The predicted molar refractivity (Wildman–Crippen MR) is 73.4 cm³/mol. The van der Waals surface area contributed by atoms with Crippen LogP contribution in [0, 0.1) is 5.82 Å². The van der Waals surface area contributed by atoms with Crippen LogP contribution < -0.4 is 5.32 Å². The van der Waals surface area contributed by atoms with E-state index < -0.39 is 0 Å². The van der Waals surface area contributed by atoms with Gasteiger partial charge in [-0.2, -0.15) is 5.10 Å². The van der Waals surface area contributed by atoms with Gasteiger partial charge in [0.05, 0.1) is 29.3 Å². The van der Waals surface area contributed by atoms with Crippen molar-refractivity contribution < 1.29 is 4.39 Å². The minimum absolute atomic E-state index is 0.0649. The summed E-state index contributed by atoms with van der Waals surface area (Å²) >= 11 is 0. The zero-order valence-electron chi connectivity index (χ0n) is 11.5. The zero-order chi connectivity index (χ0) is 13.8. The molecule has 2 rings (SSSR count). The minimum Gasteiger partial charge on any atom is -0.374 e. The van der Waals surface area contributed by atoms with Crippen molar-refractivity contribution >= 4 is 5.69 Å². The predicted octanol–water partition coefficient (Wildman–Crippen LogP) is 3.08. The summed E-state index contributed by atoms with van der Waals surface area (Å²) in [5.74, 6) is -0.311. The topological polar surface area (TPSA) is 42.7 Å². The van der Waals surface area contributed by atoms with Gasteiger partial charge in [-0.1, -0.05) is 13.8 Å². The molecule has 0 aliphatic carbocycles. The van der Waals surface area contributed by atoms with E-state index in [2.05, 4.69) is 29.2 Å². The zero-order valence-corrected chi connectivity index (χ0v) is 11.5. The van der Waals surface area contributed by atoms with E-state index in [9.17, 15) is 4.39 Å². The Morgan fingerprint density at radius 1 is 1.37 bits per heavy atom. The lowest BCUT2D eigenvalue weighted by Gasteiger charge is -2.17. The van der Waals surface area contributed by atoms with E-state index in [1.165, 1.54) is 12.3 Å². The van der Waals surface area contributed by atoms with Crippen LogP contribution in [0.25, 0.3) is 0 Å². The van der Waals surface area contributed by atoms with Crippen LogP contribution in [0.4, 0.5) is 10.1 Å². The van der Waals surface area contributed by atoms with Crippen LogP contribution in [0.1, 0.15) is 37.7 Å². The highest BCUT2D eigenvalue weighted by molar-refractivity contribution is 5.48. The van der Waals surface area contributed by atoms with Crippen LogP contribution in [-0.4, -0.2) is 14.8 Å². The largest absolute Gasteiger partial charge is 0.374 e. The van der Waals surface area contributed by atoms with Gasteiger partial charge in [0.25, 0.3) is 0 Å². The third kappa shape index (κ3) is 3.10. The molecule has 19 heavy (non-hydrogen) atoms. The standard InChI is InChI=1S/C14H19FN4/c1-4-11(13-7-6-10(15)8-16-13)17-14-9-19(3)18-12(14)5-2/h6-9,11,17H,4-5H2,1-3H3. The second kappa shape index (κ2) is 5.82. The average molecular weight is 262 g/mol. The molecule has 0 aromatic carbocycles. The second-order valence-electron chi connectivity index (χ2n) is 4.52. The van der Waals surface area contributed by atoms with Crippen LogP contribution in [0.5, 0.6) is 0 Å². The van der Waals surface area contributed by atoms with Gasteiger partial charge in [-0.05, 0) is 25.0 Å². The summed E-state index contributed by atoms with van der Waals surface area (Å²) in [7, 11) is 1.90. The second-order valence-corrected chi connectivity index (χ2v) is 4.52. The fourth-order valence-electron chi connectivity index (χ4n) is 2.08. The molecular formula is C14H19FN4. The minimum atomic E-state index is -0.311. The van der Waals surface area contributed by atoms with E-state index in [0.717, 1.165) is 29.9 Å².